The van der Waals surface area contributed by atoms with Gasteiger partial charge in [0, 0.05) is 23.0 Å². The molecule has 0 aliphatic heterocycles. The zero-order valence-corrected chi connectivity index (χ0v) is 10.2. The monoisotopic (exact) mass is 318 g/mol. The van der Waals surface area contributed by atoms with Crippen LogP contribution in [0.15, 0.2) is 16.7 Å². The standard InChI is InChI=1S/C8H7BrF4N2S/c9-5-3-6(10)7(15-4-5)14-1-2-16-8(11,12)13/h3-4H,1-2H2,(H,14,15). The number of hydrogen-bond acceptors (Lipinski definition) is 3. The van der Waals surface area contributed by atoms with E-state index in [4.69, 9.17) is 0 Å². The summed E-state index contributed by atoms with van der Waals surface area (Å²) in [5.74, 6) is -0.849. The molecule has 0 bridgehead atoms. The van der Waals surface area contributed by atoms with E-state index in [0.29, 0.717) is 4.47 Å². The largest absolute Gasteiger partial charge is 0.441 e. The lowest BCUT2D eigenvalue weighted by atomic mass is 10.4. The van der Waals surface area contributed by atoms with Gasteiger partial charge in [-0.2, -0.15) is 13.2 Å². The van der Waals surface area contributed by atoms with Gasteiger partial charge in [-0.05, 0) is 33.8 Å². The Bertz CT molecular complexity index is 358. The van der Waals surface area contributed by atoms with Crippen molar-refractivity contribution >= 4 is 33.5 Å². The van der Waals surface area contributed by atoms with Crippen LogP contribution in [0.3, 0.4) is 0 Å². The number of aromatic nitrogens is 1. The van der Waals surface area contributed by atoms with E-state index < -0.39 is 11.3 Å². The molecular weight excluding hydrogens is 312 g/mol. The molecule has 0 unspecified atom stereocenters. The SMILES string of the molecule is Fc1cc(Br)cnc1NCCSC(F)(F)F. The quantitative estimate of drug-likeness (QED) is 0.677. The van der Waals surface area contributed by atoms with Gasteiger partial charge in [0.1, 0.15) is 0 Å². The lowest BCUT2D eigenvalue weighted by Gasteiger charge is -2.08. The van der Waals surface area contributed by atoms with Crippen LogP contribution in [0.5, 0.6) is 0 Å². The summed E-state index contributed by atoms with van der Waals surface area (Å²) in [5, 5.41) is 2.48. The van der Waals surface area contributed by atoms with Crippen LogP contribution in [0, 0.1) is 5.82 Å². The molecule has 1 N–H and O–H groups in total. The van der Waals surface area contributed by atoms with E-state index in [-0.39, 0.29) is 29.9 Å². The molecule has 0 atom stereocenters. The molecule has 8 heteroatoms. The second-order valence-electron chi connectivity index (χ2n) is 2.70. The van der Waals surface area contributed by atoms with E-state index in [1.807, 2.05) is 0 Å². The lowest BCUT2D eigenvalue weighted by molar-refractivity contribution is -0.0327. The average molecular weight is 319 g/mol. The molecule has 0 fully saturated rings. The first-order valence-corrected chi connectivity index (χ1v) is 5.92. The summed E-state index contributed by atoms with van der Waals surface area (Å²) in [7, 11) is 0. The van der Waals surface area contributed by atoms with Crippen molar-refractivity contribution in [1.82, 2.24) is 4.98 Å². The van der Waals surface area contributed by atoms with Crippen LogP contribution in [0.2, 0.25) is 0 Å². The third kappa shape index (κ3) is 5.02. The molecule has 1 aromatic heterocycles. The highest BCUT2D eigenvalue weighted by atomic mass is 79.9. The predicted octanol–water partition coefficient (Wildman–Crippen LogP) is 3.65. The van der Waals surface area contributed by atoms with Crippen LogP contribution in [0.4, 0.5) is 23.4 Å². The molecule has 0 aromatic carbocycles. The molecular formula is C8H7BrF4N2S. The maximum Gasteiger partial charge on any atom is 0.441 e. The summed E-state index contributed by atoms with van der Waals surface area (Å²) in [4.78, 5) is 3.69. The summed E-state index contributed by atoms with van der Waals surface area (Å²) in [5.41, 5.74) is -4.26. The van der Waals surface area contributed by atoms with Crippen LogP contribution < -0.4 is 5.32 Å². The molecule has 0 amide bonds. The normalized spacial score (nSPS) is 11.6. The van der Waals surface area contributed by atoms with Crippen molar-refractivity contribution in [2.45, 2.75) is 5.51 Å². The van der Waals surface area contributed by atoms with Crippen molar-refractivity contribution < 1.29 is 17.6 Å². The molecule has 1 rings (SSSR count). The van der Waals surface area contributed by atoms with E-state index in [1.165, 1.54) is 12.3 Å². The maximum atomic E-state index is 13.1. The van der Waals surface area contributed by atoms with Crippen LogP contribution >= 0.6 is 27.7 Å². The fourth-order valence-electron chi connectivity index (χ4n) is 0.881. The fraction of sp³-hybridized carbons (Fsp3) is 0.375. The fourth-order valence-corrected chi connectivity index (χ4v) is 1.62. The Balaban J connectivity index is 2.38. The summed E-state index contributed by atoms with van der Waals surface area (Å²) in [6.45, 7) is -0.00424. The second kappa shape index (κ2) is 5.72. The van der Waals surface area contributed by atoms with E-state index >= 15 is 0 Å². The number of hydrogen-bond donors (Lipinski definition) is 1. The number of nitrogens with one attached hydrogen (secondary N) is 1. The van der Waals surface area contributed by atoms with Gasteiger partial charge in [0.25, 0.3) is 0 Å². The second-order valence-corrected chi connectivity index (χ2v) is 4.78. The van der Waals surface area contributed by atoms with Crippen molar-refractivity contribution in [3.8, 4) is 0 Å². The first-order chi connectivity index (χ1) is 7.38. The minimum Gasteiger partial charge on any atom is -0.367 e. The number of anilines is 1. The Morgan fingerprint density at radius 1 is 1.44 bits per heavy atom. The van der Waals surface area contributed by atoms with Gasteiger partial charge >= 0.3 is 5.51 Å². The minimum absolute atomic E-state index is 0.00424. The predicted molar refractivity (Wildman–Crippen MR) is 58.9 cm³/mol. The molecule has 0 aliphatic carbocycles. The Morgan fingerprint density at radius 2 is 2.12 bits per heavy atom. The number of rotatable bonds is 4. The number of pyridine rings is 1. The highest BCUT2D eigenvalue weighted by Gasteiger charge is 2.27. The van der Waals surface area contributed by atoms with Crippen molar-refractivity contribution in [2.24, 2.45) is 0 Å². The van der Waals surface area contributed by atoms with Gasteiger partial charge in [-0.25, -0.2) is 9.37 Å². The zero-order valence-electron chi connectivity index (χ0n) is 7.81. The molecule has 16 heavy (non-hydrogen) atoms. The third-order valence-corrected chi connectivity index (χ3v) is 2.64. The van der Waals surface area contributed by atoms with Crippen LogP contribution in [0.25, 0.3) is 0 Å². The van der Waals surface area contributed by atoms with Gasteiger partial charge in [-0.3, -0.25) is 0 Å². The van der Waals surface area contributed by atoms with Crippen molar-refractivity contribution in [3.63, 3.8) is 0 Å². The lowest BCUT2D eigenvalue weighted by Crippen LogP contribution is -2.11. The number of nitrogens with zero attached hydrogens (tertiary/aromatic N) is 1. The minimum atomic E-state index is -4.26. The summed E-state index contributed by atoms with van der Waals surface area (Å²) < 4.78 is 48.9. The molecule has 90 valence electrons. The summed E-state index contributed by atoms with van der Waals surface area (Å²) in [6, 6.07) is 1.19. The Kier molecular flexibility index (Phi) is 4.85. The van der Waals surface area contributed by atoms with E-state index in [9.17, 15) is 17.6 Å². The van der Waals surface area contributed by atoms with Gasteiger partial charge < -0.3 is 5.32 Å². The molecule has 0 aliphatic rings. The maximum absolute atomic E-state index is 13.1. The average Bonchev–Trinajstić information content (AvgIpc) is 2.13. The van der Waals surface area contributed by atoms with Crippen molar-refractivity contribution in [1.29, 1.82) is 0 Å². The van der Waals surface area contributed by atoms with Gasteiger partial charge in [-0.1, -0.05) is 0 Å². The number of thioether (sulfide) groups is 1. The van der Waals surface area contributed by atoms with Gasteiger partial charge in [0.05, 0.1) is 0 Å². The van der Waals surface area contributed by atoms with Crippen molar-refractivity contribution in [2.75, 3.05) is 17.6 Å². The molecule has 0 spiro atoms. The highest BCUT2D eigenvalue weighted by molar-refractivity contribution is 9.10. The smallest absolute Gasteiger partial charge is 0.367 e. The third-order valence-electron chi connectivity index (χ3n) is 1.47. The number of halogens is 5. The van der Waals surface area contributed by atoms with Gasteiger partial charge in [-0.15, -0.1) is 0 Å². The molecule has 0 radical (unpaired) electrons. The molecule has 0 saturated heterocycles. The topological polar surface area (TPSA) is 24.9 Å². The molecule has 0 saturated carbocycles. The van der Waals surface area contributed by atoms with Crippen LogP contribution in [-0.2, 0) is 0 Å². The Labute approximate surface area is 102 Å². The van der Waals surface area contributed by atoms with Crippen LogP contribution in [-0.4, -0.2) is 22.8 Å². The first kappa shape index (κ1) is 13.6. The first-order valence-electron chi connectivity index (χ1n) is 4.14. The highest BCUT2D eigenvalue weighted by Crippen LogP contribution is 2.29. The van der Waals surface area contributed by atoms with Crippen molar-refractivity contribution in [3.05, 3.63) is 22.6 Å². The van der Waals surface area contributed by atoms with E-state index in [0.717, 1.165) is 0 Å². The molecule has 2 nitrogen and oxygen atoms in total. The number of alkyl halides is 3. The zero-order chi connectivity index (χ0) is 12.2. The Morgan fingerprint density at radius 3 is 2.69 bits per heavy atom. The molecule has 1 aromatic rings. The summed E-state index contributed by atoms with van der Waals surface area (Å²) >= 11 is 2.86. The van der Waals surface area contributed by atoms with Gasteiger partial charge in [0.15, 0.2) is 11.6 Å². The molecule has 1 heterocycles. The van der Waals surface area contributed by atoms with E-state index in [1.54, 1.807) is 0 Å². The summed E-state index contributed by atoms with van der Waals surface area (Å²) in [6.07, 6.45) is 1.36. The van der Waals surface area contributed by atoms with Crippen LogP contribution in [0.1, 0.15) is 0 Å². The van der Waals surface area contributed by atoms with Gasteiger partial charge in [0.2, 0.25) is 0 Å². The Hall–Kier alpha value is -0.500. The van der Waals surface area contributed by atoms with E-state index in [2.05, 4.69) is 26.2 Å².